The van der Waals surface area contributed by atoms with Crippen molar-refractivity contribution in [3.8, 4) is 0 Å². The molecule has 0 spiro atoms. The number of sulfonamides is 1. The number of nitrogens with zero attached hydrogens (tertiary/aromatic N) is 2. The van der Waals surface area contributed by atoms with Crippen molar-refractivity contribution in [2.45, 2.75) is 37.8 Å². The number of rotatable bonds is 8. The molecule has 0 aliphatic carbocycles. The topological polar surface area (TPSA) is 85.2 Å². The fourth-order valence-corrected chi connectivity index (χ4v) is 3.37. The fourth-order valence-electron chi connectivity index (χ4n) is 2.32. The van der Waals surface area contributed by atoms with E-state index in [1.54, 1.807) is 10.9 Å². The molecule has 0 saturated carbocycles. The number of hydrogen-bond acceptors (Lipinski definition) is 5. The molecule has 7 nitrogen and oxygen atoms in total. The van der Waals surface area contributed by atoms with E-state index in [0.29, 0.717) is 19.7 Å². The molecule has 1 aromatic heterocycles. The van der Waals surface area contributed by atoms with Gasteiger partial charge in [0, 0.05) is 31.8 Å². The lowest BCUT2D eigenvalue weighted by molar-refractivity contribution is 0.107. The van der Waals surface area contributed by atoms with E-state index in [2.05, 4.69) is 15.1 Å². The standard InChI is InChI=1S/C13H24N4O3S/c1-3-14-5-6-17-10-13(9-15-17)21(18,19)16-8-12-4-7-20-11(12)2/h9-12,14,16H,3-8H2,1-2H3. The number of likely N-dealkylation sites (N-methyl/N-ethyl adjacent to an activating group) is 1. The smallest absolute Gasteiger partial charge is 0.243 e. The average molecular weight is 316 g/mol. The van der Waals surface area contributed by atoms with Crippen LogP contribution in [0.3, 0.4) is 0 Å². The van der Waals surface area contributed by atoms with Crippen LogP contribution in [0.25, 0.3) is 0 Å². The van der Waals surface area contributed by atoms with Crippen molar-refractivity contribution < 1.29 is 13.2 Å². The third kappa shape index (κ3) is 4.50. The Labute approximate surface area is 126 Å². The van der Waals surface area contributed by atoms with Crippen molar-refractivity contribution in [1.82, 2.24) is 19.8 Å². The molecule has 0 aromatic carbocycles. The highest BCUT2D eigenvalue weighted by molar-refractivity contribution is 7.89. The number of nitrogens with one attached hydrogen (secondary N) is 2. The second-order valence-electron chi connectivity index (χ2n) is 5.27. The molecule has 1 aliphatic rings. The summed E-state index contributed by atoms with van der Waals surface area (Å²) in [6, 6.07) is 0. The minimum atomic E-state index is -3.49. The Morgan fingerprint density at radius 2 is 2.33 bits per heavy atom. The van der Waals surface area contributed by atoms with Gasteiger partial charge in [0.25, 0.3) is 0 Å². The first-order chi connectivity index (χ1) is 10.0. The Morgan fingerprint density at radius 1 is 1.52 bits per heavy atom. The molecule has 1 aromatic rings. The van der Waals surface area contributed by atoms with Gasteiger partial charge in [0.2, 0.25) is 10.0 Å². The number of aromatic nitrogens is 2. The van der Waals surface area contributed by atoms with Crippen molar-refractivity contribution >= 4 is 10.0 Å². The molecule has 0 bridgehead atoms. The summed E-state index contributed by atoms with van der Waals surface area (Å²) in [6.07, 6.45) is 3.96. The van der Waals surface area contributed by atoms with Gasteiger partial charge in [-0.3, -0.25) is 4.68 Å². The van der Waals surface area contributed by atoms with Crippen LogP contribution in [0.4, 0.5) is 0 Å². The van der Waals surface area contributed by atoms with E-state index >= 15 is 0 Å². The van der Waals surface area contributed by atoms with Gasteiger partial charge < -0.3 is 10.1 Å². The van der Waals surface area contributed by atoms with Gasteiger partial charge >= 0.3 is 0 Å². The van der Waals surface area contributed by atoms with Crippen LogP contribution in [-0.2, 0) is 21.3 Å². The van der Waals surface area contributed by atoms with Gasteiger partial charge in [0.05, 0.1) is 18.8 Å². The largest absolute Gasteiger partial charge is 0.378 e. The first kappa shape index (κ1) is 16.4. The van der Waals surface area contributed by atoms with Crippen LogP contribution in [0.15, 0.2) is 17.3 Å². The molecule has 2 heterocycles. The van der Waals surface area contributed by atoms with E-state index in [1.165, 1.54) is 6.20 Å². The number of ether oxygens (including phenoxy) is 1. The Kier molecular flexibility index (Phi) is 5.74. The first-order valence-electron chi connectivity index (χ1n) is 7.37. The highest BCUT2D eigenvalue weighted by atomic mass is 32.2. The number of hydrogen-bond donors (Lipinski definition) is 2. The second kappa shape index (κ2) is 7.35. The lowest BCUT2D eigenvalue weighted by Crippen LogP contribution is -2.31. The summed E-state index contributed by atoms with van der Waals surface area (Å²) in [5.41, 5.74) is 0. The first-order valence-corrected chi connectivity index (χ1v) is 8.85. The van der Waals surface area contributed by atoms with Gasteiger partial charge in [-0.15, -0.1) is 0 Å². The van der Waals surface area contributed by atoms with Crippen LogP contribution >= 0.6 is 0 Å². The molecule has 2 atom stereocenters. The Hall–Kier alpha value is -0.960. The van der Waals surface area contributed by atoms with Gasteiger partial charge in [-0.05, 0) is 19.9 Å². The molecule has 8 heteroatoms. The van der Waals surface area contributed by atoms with E-state index in [1.807, 2.05) is 13.8 Å². The molecular formula is C13H24N4O3S. The molecule has 1 saturated heterocycles. The van der Waals surface area contributed by atoms with Gasteiger partial charge in [0.1, 0.15) is 4.90 Å². The zero-order valence-corrected chi connectivity index (χ0v) is 13.4. The summed E-state index contributed by atoms with van der Waals surface area (Å²) in [5, 5.41) is 7.25. The maximum absolute atomic E-state index is 12.2. The maximum Gasteiger partial charge on any atom is 0.243 e. The van der Waals surface area contributed by atoms with Crippen LogP contribution in [0.1, 0.15) is 20.3 Å². The van der Waals surface area contributed by atoms with Gasteiger partial charge in [-0.1, -0.05) is 6.92 Å². The highest BCUT2D eigenvalue weighted by Gasteiger charge is 2.26. The average Bonchev–Trinajstić information content (AvgIpc) is 3.06. The molecule has 2 N–H and O–H groups in total. The quantitative estimate of drug-likeness (QED) is 0.669. The minimum absolute atomic E-state index is 0.107. The third-order valence-corrected chi connectivity index (χ3v) is 5.13. The molecule has 1 fully saturated rings. The molecule has 120 valence electrons. The van der Waals surface area contributed by atoms with Crippen molar-refractivity contribution in [1.29, 1.82) is 0 Å². The van der Waals surface area contributed by atoms with Crippen molar-refractivity contribution in [3.05, 3.63) is 12.4 Å². The summed E-state index contributed by atoms with van der Waals surface area (Å²) in [7, 11) is -3.49. The van der Waals surface area contributed by atoms with Gasteiger partial charge in [-0.25, -0.2) is 13.1 Å². The Bertz CT molecular complexity index is 543. The minimum Gasteiger partial charge on any atom is -0.378 e. The lowest BCUT2D eigenvalue weighted by atomic mass is 10.0. The molecule has 21 heavy (non-hydrogen) atoms. The monoisotopic (exact) mass is 316 g/mol. The van der Waals surface area contributed by atoms with E-state index in [0.717, 1.165) is 19.5 Å². The summed E-state index contributed by atoms with van der Waals surface area (Å²) in [6.45, 7) is 7.41. The maximum atomic E-state index is 12.2. The summed E-state index contributed by atoms with van der Waals surface area (Å²) in [5.74, 6) is 0.239. The fraction of sp³-hybridized carbons (Fsp3) is 0.769. The zero-order chi connectivity index (χ0) is 15.3. The molecule has 1 aliphatic heterocycles. The van der Waals surface area contributed by atoms with Crippen LogP contribution in [0.2, 0.25) is 0 Å². The van der Waals surface area contributed by atoms with E-state index in [-0.39, 0.29) is 16.9 Å². The molecule has 0 radical (unpaired) electrons. The van der Waals surface area contributed by atoms with Gasteiger partial charge in [-0.2, -0.15) is 5.10 Å². The molecule has 2 unspecified atom stereocenters. The van der Waals surface area contributed by atoms with Crippen molar-refractivity contribution in [2.75, 3.05) is 26.2 Å². The second-order valence-corrected chi connectivity index (χ2v) is 7.04. The Morgan fingerprint density at radius 3 is 3.00 bits per heavy atom. The molecular weight excluding hydrogens is 292 g/mol. The Balaban J connectivity index is 1.89. The van der Waals surface area contributed by atoms with E-state index in [9.17, 15) is 8.42 Å². The SMILES string of the molecule is CCNCCn1cc(S(=O)(=O)NCC2CCOC2C)cn1. The molecule has 0 amide bonds. The van der Waals surface area contributed by atoms with Crippen LogP contribution in [0, 0.1) is 5.92 Å². The van der Waals surface area contributed by atoms with Crippen molar-refractivity contribution in [2.24, 2.45) is 5.92 Å². The molecule has 2 rings (SSSR count). The van der Waals surface area contributed by atoms with E-state index in [4.69, 9.17) is 4.74 Å². The lowest BCUT2D eigenvalue weighted by Gasteiger charge is -2.14. The summed E-state index contributed by atoms with van der Waals surface area (Å²) in [4.78, 5) is 0.213. The summed E-state index contributed by atoms with van der Waals surface area (Å²) < 4.78 is 34.2. The van der Waals surface area contributed by atoms with E-state index < -0.39 is 10.0 Å². The predicted molar refractivity (Wildman–Crippen MR) is 79.5 cm³/mol. The summed E-state index contributed by atoms with van der Waals surface area (Å²) >= 11 is 0. The van der Waals surface area contributed by atoms with Crippen LogP contribution < -0.4 is 10.0 Å². The predicted octanol–water partition coefficient (Wildman–Crippen LogP) is 0.196. The van der Waals surface area contributed by atoms with Crippen LogP contribution in [0.5, 0.6) is 0 Å². The van der Waals surface area contributed by atoms with Gasteiger partial charge in [0.15, 0.2) is 0 Å². The van der Waals surface area contributed by atoms with Crippen LogP contribution in [-0.4, -0.2) is 50.5 Å². The zero-order valence-electron chi connectivity index (χ0n) is 12.6. The van der Waals surface area contributed by atoms with Crippen molar-refractivity contribution in [3.63, 3.8) is 0 Å². The third-order valence-electron chi connectivity index (χ3n) is 3.76. The highest BCUT2D eigenvalue weighted by Crippen LogP contribution is 2.20. The normalized spacial score (nSPS) is 22.8.